The number of hydrogen-bond acceptors (Lipinski definition) is 10. The number of benzene rings is 1. The molecule has 39 heavy (non-hydrogen) atoms. The van der Waals surface area contributed by atoms with E-state index < -0.39 is 11.8 Å². The van der Waals surface area contributed by atoms with Crippen molar-refractivity contribution in [2.45, 2.75) is 13.0 Å². The van der Waals surface area contributed by atoms with Gasteiger partial charge in [0.2, 0.25) is 11.9 Å². The molecule has 0 bridgehead atoms. The fourth-order valence-electron chi connectivity index (χ4n) is 5.46. The Morgan fingerprint density at radius 2 is 2.00 bits per heavy atom. The summed E-state index contributed by atoms with van der Waals surface area (Å²) in [4.78, 5) is 37.5. The van der Waals surface area contributed by atoms with Crippen molar-refractivity contribution in [3.8, 4) is 16.9 Å². The molecule has 4 aromatic rings. The highest BCUT2D eigenvalue weighted by Crippen LogP contribution is 2.50. The van der Waals surface area contributed by atoms with Gasteiger partial charge in [0.05, 0.1) is 29.7 Å². The molecule has 0 radical (unpaired) electrons. The zero-order chi connectivity index (χ0) is 27.3. The van der Waals surface area contributed by atoms with E-state index in [4.69, 9.17) is 4.74 Å². The standard InChI is InChI=1S/C26H26FN9O3/c1-4-39-24(38)15-6-5-7-16(10-15)36-26(30-31-32-36)35-13-18-19(14-35)23(18)34(3)25-29-21(11-22(37)33(25)2)17-8-9-28-12-20(17)27/h5-12,18-19,23H,4,13-14H2,1-3H3/t18-,19+,23?. The number of tetrazole rings is 1. The molecule has 2 fully saturated rings. The number of ether oxygens (including phenoxy) is 1. The molecule has 1 saturated carbocycles. The van der Waals surface area contributed by atoms with Crippen molar-refractivity contribution >= 4 is 17.9 Å². The van der Waals surface area contributed by atoms with Gasteiger partial charge >= 0.3 is 5.97 Å². The summed E-state index contributed by atoms with van der Waals surface area (Å²) in [6, 6.07) is 10.0. The van der Waals surface area contributed by atoms with Crippen LogP contribution in [0.3, 0.4) is 0 Å². The van der Waals surface area contributed by atoms with E-state index in [1.165, 1.54) is 22.9 Å². The van der Waals surface area contributed by atoms with E-state index in [-0.39, 0.29) is 22.9 Å². The summed E-state index contributed by atoms with van der Waals surface area (Å²) in [7, 11) is 3.57. The molecule has 13 heteroatoms. The number of carbonyl (C=O) groups is 1. The van der Waals surface area contributed by atoms with E-state index in [0.717, 1.165) is 6.20 Å². The number of fused-ring (bicyclic) bond motifs is 1. The van der Waals surface area contributed by atoms with Crippen molar-refractivity contribution in [1.29, 1.82) is 0 Å². The number of nitrogens with zero attached hydrogens (tertiary/aromatic N) is 9. The van der Waals surface area contributed by atoms with E-state index >= 15 is 0 Å². The monoisotopic (exact) mass is 531 g/mol. The molecule has 0 N–H and O–H groups in total. The average molecular weight is 532 g/mol. The molecule has 12 nitrogen and oxygen atoms in total. The summed E-state index contributed by atoms with van der Waals surface area (Å²) in [5, 5.41) is 12.3. The van der Waals surface area contributed by atoms with Gasteiger partial charge < -0.3 is 14.5 Å². The Balaban J connectivity index is 1.20. The number of aromatic nitrogens is 7. The molecule has 6 rings (SSSR count). The summed E-state index contributed by atoms with van der Waals surface area (Å²) in [6.07, 6.45) is 2.58. The van der Waals surface area contributed by atoms with Crippen LogP contribution in [-0.4, -0.2) is 73.5 Å². The maximum absolute atomic E-state index is 14.4. The summed E-state index contributed by atoms with van der Waals surface area (Å²) in [5.74, 6) is 0.747. The molecule has 3 atom stereocenters. The number of rotatable bonds is 7. The smallest absolute Gasteiger partial charge is 0.338 e. The minimum Gasteiger partial charge on any atom is -0.462 e. The summed E-state index contributed by atoms with van der Waals surface area (Å²) in [5.41, 5.74) is 1.33. The van der Waals surface area contributed by atoms with Gasteiger partial charge in [0.1, 0.15) is 0 Å². The average Bonchev–Trinajstić information content (AvgIpc) is 3.25. The third-order valence-electron chi connectivity index (χ3n) is 7.41. The van der Waals surface area contributed by atoms with Crippen molar-refractivity contribution in [1.82, 2.24) is 34.7 Å². The van der Waals surface area contributed by atoms with Gasteiger partial charge in [-0.2, -0.15) is 4.68 Å². The first-order valence-electron chi connectivity index (χ1n) is 12.6. The van der Waals surface area contributed by atoms with Gasteiger partial charge in [0, 0.05) is 62.9 Å². The number of carbonyl (C=O) groups excluding carboxylic acids is 1. The zero-order valence-electron chi connectivity index (χ0n) is 21.6. The Bertz CT molecular complexity index is 1610. The molecular weight excluding hydrogens is 505 g/mol. The number of esters is 1. The van der Waals surface area contributed by atoms with Crippen molar-refractivity contribution in [3.63, 3.8) is 0 Å². The van der Waals surface area contributed by atoms with Gasteiger partial charge in [0.15, 0.2) is 5.82 Å². The first-order chi connectivity index (χ1) is 18.9. The van der Waals surface area contributed by atoms with Gasteiger partial charge in [-0.1, -0.05) is 11.2 Å². The number of pyridine rings is 1. The predicted octanol–water partition coefficient (Wildman–Crippen LogP) is 1.70. The van der Waals surface area contributed by atoms with Crippen LogP contribution >= 0.6 is 0 Å². The molecule has 1 aliphatic heterocycles. The van der Waals surface area contributed by atoms with Crippen molar-refractivity contribution in [2.75, 3.05) is 36.5 Å². The molecule has 4 heterocycles. The van der Waals surface area contributed by atoms with Gasteiger partial charge in [0.25, 0.3) is 5.56 Å². The molecular formula is C26H26FN9O3. The second kappa shape index (κ2) is 9.57. The molecule has 1 saturated heterocycles. The molecule has 1 unspecified atom stereocenters. The summed E-state index contributed by atoms with van der Waals surface area (Å²) >= 11 is 0. The molecule has 1 aromatic carbocycles. The van der Waals surface area contributed by atoms with E-state index in [9.17, 15) is 14.0 Å². The van der Waals surface area contributed by atoms with Crippen LogP contribution in [0.5, 0.6) is 0 Å². The minimum absolute atomic E-state index is 0.161. The third kappa shape index (κ3) is 4.29. The normalized spacial score (nSPS) is 19.6. The van der Waals surface area contributed by atoms with Gasteiger partial charge in [-0.05, 0) is 41.6 Å². The van der Waals surface area contributed by atoms with Crippen molar-refractivity contribution < 1.29 is 13.9 Å². The zero-order valence-corrected chi connectivity index (χ0v) is 21.6. The second-order valence-corrected chi connectivity index (χ2v) is 9.69. The van der Waals surface area contributed by atoms with Crippen LogP contribution in [0.4, 0.5) is 16.3 Å². The van der Waals surface area contributed by atoms with Crippen LogP contribution in [0.25, 0.3) is 16.9 Å². The minimum atomic E-state index is -0.531. The highest BCUT2D eigenvalue weighted by Gasteiger charge is 2.59. The lowest BCUT2D eigenvalue weighted by Crippen LogP contribution is -2.37. The van der Waals surface area contributed by atoms with Crippen LogP contribution in [0.2, 0.25) is 0 Å². The van der Waals surface area contributed by atoms with Crippen molar-refractivity contribution in [3.05, 3.63) is 70.5 Å². The number of hydrogen-bond donors (Lipinski definition) is 0. The lowest BCUT2D eigenvalue weighted by Gasteiger charge is -2.26. The quantitative estimate of drug-likeness (QED) is 0.326. The molecule has 2 aliphatic rings. The first kappa shape index (κ1) is 24.6. The number of piperidine rings is 1. The lowest BCUT2D eigenvalue weighted by atomic mass is 10.2. The maximum atomic E-state index is 14.4. The molecule has 3 aromatic heterocycles. The predicted molar refractivity (Wildman–Crippen MR) is 139 cm³/mol. The molecule has 0 amide bonds. The van der Waals surface area contributed by atoms with E-state index in [2.05, 4.69) is 30.4 Å². The number of anilines is 2. The van der Waals surface area contributed by atoms with Crippen LogP contribution < -0.4 is 15.4 Å². The topological polar surface area (TPSA) is 124 Å². The Hall–Kier alpha value is -4.68. The van der Waals surface area contributed by atoms with E-state index in [0.29, 0.717) is 54.7 Å². The number of halogens is 1. The molecule has 200 valence electrons. The van der Waals surface area contributed by atoms with Crippen LogP contribution in [-0.2, 0) is 11.8 Å². The largest absolute Gasteiger partial charge is 0.462 e. The van der Waals surface area contributed by atoms with E-state index in [1.54, 1.807) is 36.9 Å². The Kier molecular flexibility index (Phi) is 6.04. The molecule has 1 aliphatic carbocycles. The van der Waals surface area contributed by atoms with Gasteiger partial charge in [-0.3, -0.25) is 14.3 Å². The molecule has 0 spiro atoms. The fourth-order valence-corrected chi connectivity index (χ4v) is 5.46. The van der Waals surface area contributed by atoms with Crippen LogP contribution in [0, 0.1) is 17.7 Å². The maximum Gasteiger partial charge on any atom is 0.338 e. The Labute approximate surface area is 222 Å². The Morgan fingerprint density at radius 1 is 1.21 bits per heavy atom. The van der Waals surface area contributed by atoms with E-state index in [1.807, 2.05) is 18.0 Å². The van der Waals surface area contributed by atoms with Crippen molar-refractivity contribution in [2.24, 2.45) is 18.9 Å². The second-order valence-electron chi connectivity index (χ2n) is 9.69. The first-order valence-corrected chi connectivity index (χ1v) is 12.6. The summed E-state index contributed by atoms with van der Waals surface area (Å²) < 4.78 is 22.6. The SMILES string of the molecule is CCOC(=O)c1cccc(-n2nnnc2N2C[C@@H]3C(N(C)c4nc(-c5ccncc5F)cc(=O)n4C)[C@@H]3C2)c1. The summed E-state index contributed by atoms with van der Waals surface area (Å²) in [6.45, 7) is 3.48. The van der Waals surface area contributed by atoms with Crippen LogP contribution in [0.1, 0.15) is 17.3 Å². The Morgan fingerprint density at radius 3 is 2.74 bits per heavy atom. The highest BCUT2D eigenvalue weighted by molar-refractivity contribution is 5.90. The van der Waals surface area contributed by atoms with Crippen LogP contribution in [0.15, 0.2) is 53.6 Å². The van der Waals surface area contributed by atoms with Gasteiger partial charge in [-0.25, -0.2) is 14.2 Å². The van der Waals surface area contributed by atoms with Gasteiger partial charge in [-0.15, -0.1) is 0 Å². The highest BCUT2D eigenvalue weighted by atomic mass is 19.1. The third-order valence-corrected chi connectivity index (χ3v) is 7.41. The lowest BCUT2D eigenvalue weighted by molar-refractivity contribution is 0.0526. The fraction of sp³-hybridized carbons (Fsp3) is 0.346.